The maximum absolute atomic E-state index is 12.8. The third-order valence-electron chi connectivity index (χ3n) is 9.33. The Balaban J connectivity index is 4.53. The summed E-state index contributed by atoms with van der Waals surface area (Å²) in [7, 11) is 1.24. The zero-order chi connectivity index (χ0) is 38.6. The van der Waals surface area contributed by atoms with Crippen LogP contribution >= 0.6 is 7.82 Å². The number of unbranched alkanes of at least 4 members (excludes halogenated alkanes) is 21. The van der Waals surface area contributed by atoms with Gasteiger partial charge in [-0.2, -0.15) is 0 Å². The lowest BCUT2D eigenvalue weighted by atomic mass is 10.0. The predicted molar refractivity (Wildman–Crippen MR) is 219 cm³/mol. The quantitative estimate of drug-likeness (QED) is 0.0281. The van der Waals surface area contributed by atoms with Crippen molar-refractivity contribution >= 4 is 13.7 Å². The molecule has 0 aromatic rings. The molecule has 0 aromatic heterocycles. The number of phosphoric acid groups is 1. The van der Waals surface area contributed by atoms with Crippen molar-refractivity contribution in [2.45, 2.75) is 193 Å². The van der Waals surface area contributed by atoms with E-state index in [0.29, 0.717) is 17.4 Å². The minimum atomic E-state index is -4.59. The van der Waals surface area contributed by atoms with E-state index in [1.54, 1.807) is 6.08 Å². The molecule has 9 heteroatoms. The van der Waals surface area contributed by atoms with Gasteiger partial charge in [0.2, 0.25) is 5.91 Å². The Labute approximate surface area is 321 Å². The van der Waals surface area contributed by atoms with E-state index in [2.05, 4.69) is 43.5 Å². The zero-order valence-electron chi connectivity index (χ0n) is 34.5. The number of amides is 1. The van der Waals surface area contributed by atoms with Gasteiger partial charge in [0.05, 0.1) is 39.9 Å². The molecule has 0 spiro atoms. The fourth-order valence-corrected chi connectivity index (χ4v) is 6.61. The first-order chi connectivity index (χ1) is 25.0. The van der Waals surface area contributed by atoms with E-state index in [-0.39, 0.29) is 12.5 Å². The highest BCUT2D eigenvalue weighted by Gasteiger charge is 2.23. The Bertz CT molecular complexity index is 948. The molecule has 0 heterocycles. The second-order valence-corrected chi connectivity index (χ2v) is 17.1. The third kappa shape index (κ3) is 37.1. The van der Waals surface area contributed by atoms with Crippen molar-refractivity contribution in [2.75, 3.05) is 40.9 Å². The molecule has 52 heavy (non-hydrogen) atoms. The number of hydrogen-bond donors (Lipinski definition) is 2. The van der Waals surface area contributed by atoms with Crippen LogP contribution in [0.3, 0.4) is 0 Å². The van der Waals surface area contributed by atoms with Gasteiger partial charge in [-0.05, 0) is 44.9 Å². The summed E-state index contributed by atoms with van der Waals surface area (Å²) in [5.74, 6) is -0.212. The van der Waals surface area contributed by atoms with Crippen molar-refractivity contribution in [1.29, 1.82) is 0 Å². The van der Waals surface area contributed by atoms with Gasteiger partial charge >= 0.3 is 0 Å². The summed E-state index contributed by atoms with van der Waals surface area (Å²) in [6, 6.07) is -0.904. The number of aliphatic hydroxyl groups excluding tert-OH is 1. The lowest BCUT2D eigenvalue weighted by Crippen LogP contribution is -2.45. The van der Waals surface area contributed by atoms with E-state index in [0.717, 1.165) is 44.9 Å². The van der Waals surface area contributed by atoms with E-state index in [4.69, 9.17) is 9.05 Å². The van der Waals surface area contributed by atoms with Gasteiger partial charge in [0.25, 0.3) is 7.82 Å². The fraction of sp³-hybridized carbons (Fsp3) is 0.837. The number of likely N-dealkylation sites (N-methyl/N-ethyl adjacent to an activating group) is 1. The van der Waals surface area contributed by atoms with Crippen LogP contribution < -0.4 is 10.2 Å². The second-order valence-electron chi connectivity index (χ2n) is 15.7. The van der Waals surface area contributed by atoms with Crippen molar-refractivity contribution in [3.8, 4) is 0 Å². The van der Waals surface area contributed by atoms with Crippen LogP contribution in [0.25, 0.3) is 0 Å². The Morgan fingerprint density at radius 2 is 1.08 bits per heavy atom. The van der Waals surface area contributed by atoms with E-state index >= 15 is 0 Å². The highest BCUT2D eigenvalue weighted by Crippen LogP contribution is 2.38. The molecule has 0 rings (SSSR count). The number of rotatable bonds is 38. The molecular weight excluding hydrogens is 671 g/mol. The summed E-state index contributed by atoms with van der Waals surface area (Å²) in [4.78, 5) is 25.2. The summed E-state index contributed by atoms with van der Waals surface area (Å²) < 4.78 is 23.1. The van der Waals surface area contributed by atoms with Crippen LogP contribution in [-0.2, 0) is 18.4 Å². The van der Waals surface area contributed by atoms with Crippen molar-refractivity contribution in [2.24, 2.45) is 0 Å². The maximum Gasteiger partial charge on any atom is 0.268 e. The summed E-state index contributed by atoms with van der Waals surface area (Å²) in [6.45, 7) is 4.59. The van der Waals surface area contributed by atoms with Gasteiger partial charge in [0.15, 0.2) is 0 Å². The van der Waals surface area contributed by atoms with Crippen LogP contribution in [0.1, 0.15) is 181 Å². The lowest BCUT2D eigenvalue weighted by Gasteiger charge is -2.29. The topological polar surface area (TPSA) is 108 Å². The first-order valence-electron chi connectivity index (χ1n) is 21.4. The maximum atomic E-state index is 12.8. The van der Waals surface area contributed by atoms with Gasteiger partial charge in [-0.3, -0.25) is 9.36 Å². The van der Waals surface area contributed by atoms with Crippen LogP contribution in [-0.4, -0.2) is 68.5 Å². The largest absolute Gasteiger partial charge is 0.756 e. The average Bonchev–Trinajstić information content (AvgIpc) is 3.09. The number of carbonyl (C=O) groups excluding carboxylic acids is 1. The third-order valence-corrected chi connectivity index (χ3v) is 10.3. The highest BCUT2D eigenvalue weighted by molar-refractivity contribution is 7.45. The minimum Gasteiger partial charge on any atom is -0.756 e. The molecule has 306 valence electrons. The minimum absolute atomic E-state index is 0.00805. The molecule has 2 N–H and O–H groups in total. The number of nitrogens with one attached hydrogen (secondary N) is 1. The molecule has 1 amide bonds. The zero-order valence-corrected chi connectivity index (χ0v) is 35.4. The molecule has 8 nitrogen and oxygen atoms in total. The van der Waals surface area contributed by atoms with Gasteiger partial charge in [-0.15, -0.1) is 0 Å². The molecule has 3 unspecified atom stereocenters. The Morgan fingerprint density at radius 1 is 0.654 bits per heavy atom. The Morgan fingerprint density at radius 3 is 1.56 bits per heavy atom. The number of allylic oxidation sites excluding steroid dienone is 5. The Hall–Kier alpha value is -1.28. The van der Waals surface area contributed by atoms with Crippen LogP contribution in [0.5, 0.6) is 0 Å². The number of quaternary nitrogens is 1. The molecular formula is C43H83N2O6P. The normalized spacial score (nSPS) is 14.8. The molecule has 0 fully saturated rings. The van der Waals surface area contributed by atoms with Gasteiger partial charge in [-0.25, -0.2) is 0 Å². The molecule has 0 radical (unpaired) electrons. The van der Waals surface area contributed by atoms with Crippen LogP contribution in [0.4, 0.5) is 0 Å². The van der Waals surface area contributed by atoms with Gasteiger partial charge in [-0.1, -0.05) is 166 Å². The van der Waals surface area contributed by atoms with Crippen molar-refractivity contribution < 1.29 is 32.9 Å². The van der Waals surface area contributed by atoms with Gasteiger partial charge < -0.3 is 28.8 Å². The summed E-state index contributed by atoms with van der Waals surface area (Å²) >= 11 is 0. The number of nitrogens with zero attached hydrogens (tertiary/aromatic N) is 1. The Kier molecular flexibility index (Phi) is 34.6. The predicted octanol–water partition coefficient (Wildman–Crippen LogP) is 10.9. The van der Waals surface area contributed by atoms with Crippen LogP contribution in [0.2, 0.25) is 0 Å². The highest BCUT2D eigenvalue weighted by atomic mass is 31.2. The van der Waals surface area contributed by atoms with E-state index in [9.17, 15) is 19.4 Å². The van der Waals surface area contributed by atoms with Gasteiger partial charge in [0.1, 0.15) is 13.2 Å². The molecule has 0 aliphatic carbocycles. The number of carbonyl (C=O) groups is 1. The van der Waals surface area contributed by atoms with E-state index in [1.807, 2.05) is 27.2 Å². The summed E-state index contributed by atoms with van der Waals surface area (Å²) in [5.41, 5.74) is 0. The molecule has 0 bridgehead atoms. The lowest BCUT2D eigenvalue weighted by molar-refractivity contribution is -0.870. The summed E-state index contributed by atoms with van der Waals surface area (Å²) in [5, 5.41) is 13.7. The fourth-order valence-electron chi connectivity index (χ4n) is 5.89. The van der Waals surface area contributed by atoms with Gasteiger partial charge in [0, 0.05) is 6.42 Å². The first kappa shape index (κ1) is 50.7. The molecule has 0 saturated heterocycles. The number of phosphoric ester groups is 1. The van der Waals surface area contributed by atoms with Crippen LogP contribution in [0, 0.1) is 0 Å². The van der Waals surface area contributed by atoms with E-state index in [1.165, 1.54) is 116 Å². The molecule has 0 saturated carbocycles. The van der Waals surface area contributed by atoms with Crippen LogP contribution in [0.15, 0.2) is 36.5 Å². The average molecular weight is 755 g/mol. The molecule has 0 aromatic carbocycles. The molecule has 3 atom stereocenters. The SMILES string of the molecule is CCCCCCC/C=C/CC/C=C/CC/C=C/C(O)C(COP(=O)([O-])OCC[N+](C)(C)C)NC(=O)CCCCCCCCCCCCCCCCC. The molecule has 0 aliphatic rings. The van der Waals surface area contributed by atoms with Crippen molar-refractivity contribution in [1.82, 2.24) is 5.32 Å². The second kappa shape index (κ2) is 35.4. The smallest absolute Gasteiger partial charge is 0.268 e. The van der Waals surface area contributed by atoms with E-state index < -0.39 is 26.6 Å². The van der Waals surface area contributed by atoms with Crippen molar-refractivity contribution in [3.05, 3.63) is 36.5 Å². The standard InChI is InChI=1S/C43H83N2O6P/c1-6-8-10-12-14-16-18-20-22-24-26-28-30-32-34-36-42(46)41(40-51-52(48,49)50-39-38-45(3,4)5)44-43(47)37-35-33-31-29-27-25-23-21-19-17-15-13-11-9-7-2/h18,20,26,28,34,36,41-42,46H,6-17,19,21-25,27,29-33,35,37-40H2,1-5H3,(H-,44,47,48,49)/b20-18+,28-26+,36-34+. The van der Waals surface area contributed by atoms with Crippen molar-refractivity contribution in [3.63, 3.8) is 0 Å². The molecule has 0 aliphatic heterocycles. The first-order valence-corrected chi connectivity index (χ1v) is 22.8. The summed E-state index contributed by atoms with van der Waals surface area (Å²) in [6.07, 6.45) is 41.8. The monoisotopic (exact) mass is 755 g/mol. The number of aliphatic hydroxyl groups is 1. The number of hydrogen-bond acceptors (Lipinski definition) is 6.